The molecule has 6 nitrogen and oxygen atoms in total. The summed E-state index contributed by atoms with van der Waals surface area (Å²) in [6.45, 7) is 2.05. The lowest BCUT2D eigenvalue weighted by Gasteiger charge is -1.92. The maximum atomic E-state index is 10.2. The van der Waals surface area contributed by atoms with E-state index in [9.17, 15) is 9.59 Å². The quantitative estimate of drug-likeness (QED) is 0.632. The largest absolute Gasteiger partial charge is 0.468 e. The first-order valence-electron chi connectivity index (χ1n) is 4.08. The topological polar surface area (TPSA) is 100 Å². The second kappa shape index (κ2) is 11.9. The van der Waals surface area contributed by atoms with Crippen LogP contribution in [0.5, 0.6) is 0 Å². The number of carbonyl (C=O) groups is 2. The van der Waals surface area contributed by atoms with Crippen LogP contribution in [0.25, 0.3) is 0 Å². The van der Waals surface area contributed by atoms with Gasteiger partial charge < -0.3 is 9.47 Å². The molecule has 0 heterocycles. The Balaban J connectivity index is 0. The number of rotatable bonds is 3. The molecule has 0 unspecified atom stereocenters. The molecule has 0 rings (SSSR count). The highest BCUT2D eigenvalue weighted by molar-refractivity contribution is 5.71. The fourth-order valence-electron chi connectivity index (χ4n) is 0.413. The monoisotopic (exact) mass is 212 g/mol. The van der Waals surface area contributed by atoms with Crippen molar-refractivity contribution in [3.63, 3.8) is 0 Å². The van der Waals surface area contributed by atoms with Crippen LogP contribution in [0.15, 0.2) is 0 Å². The lowest BCUT2D eigenvalue weighted by atomic mass is 10.5. The first-order chi connectivity index (χ1) is 7.12. The van der Waals surface area contributed by atoms with Gasteiger partial charge in [-0.3, -0.25) is 9.59 Å². The zero-order chi connectivity index (χ0) is 12.1. The molecule has 82 valence electrons. The second-order valence-corrected chi connectivity index (χ2v) is 2.05. The zero-order valence-electron chi connectivity index (χ0n) is 8.65. The van der Waals surface area contributed by atoms with Crippen LogP contribution in [0, 0.1) is 22.7 Å². The van der Waals surface area contributed by atoms with Gasteiger partial charge in [0.05, 0.1) is 25.9 Å². The number of carbonyl (C=O) groups excluding carboxylic acids is 2. The first-order valence-corrected chi connectivity index (χ1v) is 4.08. The molecule has 0 radical (unpaired) electrons. The molecule has 0 saturated heterocycles. The van der Waals surface area contributed by atoms with Crippen LogP contribution in [0.2, 0.25) is 0 Å². The van der Waals surface area contributed by atoms with Crippen molar-refractivity contribution in [1.82, 2.24) is 0 Å². The summed E-state index contributed by atoms with van der Waals surface area (Å²) < 4.78 is 8.55. The van der Waals surface area contributed by atoms with Crippen molar-refractivity contribution in [3.8, 4) is 12.1 Å². The number of hydrogen-bond donors (Lipinski definition) is 0. The normalized spacial score (nSPS) is 7.20. The fraction of sp³-hybridized carbons (Fsp3) is 0.556. The predicted octanol–water partition coefficient (Wildman–Crippen LogP) is 0.536. The highest BCUT2D eigenvalue weighted by Crippen LogP contribution is 1.81. The molecule has 0 N–H and O–H groups in total. The summed E-state index contributed by atoms with van der Waals surface area (Å²) in [4.78, 5) is 20.2. The molecule has 0 aliphatic rings. The van der Waals surface area contributed by atoms with Gasteiger partial charge in [0.1, 0.15) is 12.8 Å². The third-order valence-electron chi connectivity index (χ3n) is 0.980. The Bertz CT molecular complexity index is 275. The molecule has 0 bridgehead atoms. The molecule has 0 aliphatic heterocycles. The van der Waals surface area contributed by atoms with Crippen molar-refractivity contribution in [2.45, 2.75) is 19.8 Å². The first kappa shape index (κ1) is 15.4. The highest BCUT2D eigenvalue weighted by Gasteiger charge is 1.96. The Morgan fingerprint density at radius 3 is 1.87 bits per heavy atom. The van der Waals surface area contributed by atoms with Crippen molar-refractivity contribution < 1.29 is 19.1 Å². The SMILES string of the molecule is CCOC(=O)CC#N.COC(=O)CC#N. The number of nitriles is 2. The van der Waals surface area contributed by atoms with Crippen LogP contribution in [0.4, 0.5) is 0 Å². The maximum absolute atomic E-state index is 10.2. The van der Waals surface area contributed by atoms with Crippen LogP contribution in [0.3, 0.4) is 0 Å². The average Bonchev–Trinajstić information content (AvgIpc) is 2.20. The minimum absolute atomic E-state index is 0.145. The second-order valence-electron chi connectivity index (χ2n) is 2.05. The third kappa shape index (κ3) is 14.7. The molecule has 0 aromatic heterocycles. The molecule has 0 aliphatic carbocycles. The fourth-order valence-corrected chi connectivity index (χ4v) is 0.413. The predicted molar refractivity (Wildman–Crippen MR) is 49.1 cm³/mol. The van der Waals surface area contributed by atoms with E-state index in [0.29, 0.717) is 6.61 Å². The van der Waals surface area contributed by atoms with Gasteiger partial charge in [0.2, 0.25) is 0 Å². The summed E-state index contributed by atoms with van der Waals surface area (Å²) >= 11 is 0. The standard InChI is InChI=1S/C5H7NO2.C4H5NO2/c1-2-8-5(7)3-4-6;1-7-4(6)2-3-5/h2-3H2,1H3;2H2,1H3. The molecule has 0 fully saturated rings. The Hall–Kier alpha value is -2.08. The van der Waals surface area contributed by atoms with E-state index < -0.39 is 11.9 Å². The van der Waals surface area contributed by atoms with E-state index in [4.69, 9.17) is 10.5 Å². The lowest BCUT2D eigenvalue weighted by Crippen LogP contribution is -2.01. The maximum Gasteiger partial charge on any atom is 0.320 e. The zero-order valence-corrected chi connectivity index (χ0v) is 8.65. The van der Waals surface area contributed by atoms with Gasteiger partial charge in [-0.05, 0) is 6.92 Å². The molecule has 0 aromatic rings. The molecule has 15 heavy (non-hydrogen) atoms. The molecule has 0 amide bonds. The minimum Gasteiger partial charge on any atom is -0.468 e. The van der Waals surface area contributed by atoms with E-state index >= 15 is 0 Å². The van der Waals surface area contributed by atoms with Crippen molar-refractivity contribution in [3.05, 3.63) is 0 Å². The summed E-state index contributed by atoms with van der Waals surface area (Å²) in [5, 5.41) is 15.7. The van der Waals surface area contributed by atoms with E-state index in [0.717, 1.165) is 0 Å². The highest BCUT2D eigenvalue weighted by atomic mass is 16.5. The van der Waals surface area contributed by atoms with Crippen molar-refractivity contribution in [2.24, 2.45) is 0 Å². The number of nitrogens with zero attached hydrogens (tertiary/aromatic N) is 2. The van der Waals surface area contributed by atoms with Gasteiger partial charge in [-0.2, -0.15) is 10.5 Å². The molecule has 6 heteroatoms. The molecule has 0 aromatic carbocycles. The molecule has 0 spiro atoms. The average molecular weight is 212 g/mol. The van der Waals surface area contributed by atoms with E-state index in [1.165, 1.54) is 7.11 Å². The van der Waals surface area contributed by atoms with Crippen molar-refractivity contribution >= 4 is 11.9 Å². The Kier molecular flexibility index (Phi) is 12.2. The van der Waals surface area contributed by atoms with Crippen LogP contribution in [-0.4, -0.2) is 25.7 Å². The van der Waals surface area contributed by atoms with E-state index in [2.05, 4.69) is 9.47 Å². The van der Waals surface area contributed by atoms with Gasteiger partial charge in [-0.15, -0.1) is 0 Å². The van der Waals surface area contributed by atoms with Crippen LogP contribution < -0.4 is 0 Å². The summed E-state index contributed by atoms with van der Waals surface area (Å²) in [6, 6.07) is 3.32. The number of methoxy groups -OCH3 is 1. The van der Waals surface area contributed by atoms with Gasteiger partial charge in [0, 0.05) is 0 Å². The Labute approximate surface area is 88.0 Å². The van der Waals surface area contributed by atoms with Crippen molar-refractivity contribution in [2.75, 3.05) is 13.7 Å². The number of esters is 2. The van der Waals surface area contributed by atoms with Crippen LogP contribution in [0.1, 0.15) is 19.8 Å². The smallest absolute Gasteiger partial charge is 0.320 e. The Morgan fingerprint density at radius 2 is 1.60 bits per heavy atom. The Morgan fingerprint density at radius 1 is 1.13 bits per heavy atom. The molecular weight excluding hydrogens is 200 g/mol. The number of ether oxygens (including phenoxy) is 2. The summed E-state index contributed by atoms with van der Waals surface area (Å²) in [7, 11) is 1.25. The number of hydrogen-bond acceptors (Lipinski definition) is 6. The summed E-state index contributed by atoms with van der Waals surface area (Å²) in [5.41, 5.74) is 0. The van der Waals surface area contributed by atoms with Gasteiger partial charge in [0.15, 0.2) is 0 Å². The van der Waals surface area contributed by atoms with Gasteiger partial charge >= 0.3 is 11.9 Å². The minimum atomic E-state index is -0.484. The molecule has 0 saturated carbocycles. The van der Waals surface area contributed by atoms with Crippen molar-refractivity contribution in [1.29, 1.82) is 10.5 Å². The van der Waals surface area contributed by atoms with E-state index in [-0.39, 0.29) is 12.8 Å². The van der Waals surface area contributed by atoms with Gasteiger partial charge in [-0.25, -0.2) is 0 Å². The van der Waals surface area contributed by atoms with Crippen LogP contribution in [-0.2, 0) is 19.1 Å². The van der Waals surface area contributed by atoms with E-state index in [1.54, 1.807) is 19.1 Å². The molecular formula is C9H12N2O4. The van der Waals surface area contributed by atoms with Crippen LogP contribution >= 0.6 is 0 Å². The van der Waals surface area contributed by atoms with E-state index in [1.807, 2.05) is 0 Å². The molecule has 0 atom stereocenters. The summed E-state index contributed by atoms with van der Waals surface area (Å²) in [5.74, 6) is -0.933. The lowest BCUT2D eigenvalue weighted by molar-refractivity contribution is -0.142. The summed E-state index contributed by atoms with van der Waals surface area (Å²) in [6.07, 6.45) is -0.301. The van der Waals surface area contributed by atoms with Gasteiger partial charge in [-0.1, -0.05) is 0 Å². The third-order valence-corrected chi connectivity index (χ3v) is 0.980. The van der Waals surface area contributed by atoms with Gasteiger partial charge in [0.25, 0.3) is 0 Å².